The van der Waals surface area contributed by atoms with E-state index < -0.39 is 29.7 Å². The molecule has 0 fully saturated rings. The summed E-state index contributed by atoms with van der Waals surface area (Å²) in [6, 6.07) is 30.1. The van der Waals surface area contributed by atoms with Crippen LogP contribution in [0.15, 0.2) is 121 Å². The summed E-state index contributed by atoms with van der Waals surface area (Å²) in [5, 5.41) is 22.0. The average molecular weight is 658 g/mol. The van der Waals surface area contributed by atoms with Gasteiger partial charge in [0, 0.05) is 34.3 Å². The van der Waals surface area contributed by atoms with Crippen LogP contribution in [0.4, 0.5) is 0 Å². The second kappa shape index (κ2) is 16.7. The standard InChI is InChI=1S/C35H30Cl2N4O5/c36-27-15-11-23(12-16-27)19-30(40-32(43)25-7-3-1-4-8-25)34(45)38-21-29(42)22-39-35(46)31(20-24-13-17-28(37)18-14-24)41-33(44)26-9-5-2-6-10-26/h1-20,29,42H,21-22H2,(H,38,45)(H,39,46)(H,40,43)(H,41,44)/b30-19-,31-20-. The van der Waals surface area contributed by atoms with Crippen molar-refractivity contribution in [2.24, 2.45) is 0 Å². The fourth-order valence-electron chi connectivity index (χ4n) is 4.02. The first kappa shape index (κ1) is 33.7. The SMILES string of the molecule is O=C(NCC(O)CNC(=O)/C(=C/c1ccc(Cl)cc1)NC(=O)c1ccccc1)/C(=C/c1ccc(Cl)cc1)NC(=O)c1ccccc1. The van der Waals surface area contributed by atoms with Gasteiger partial charge >= 0.3 is 0 Å². The molecule has 0 aliphatic rings. The lowest BCUT2D eigenvalue weighted by atomic mass is 10.1. The number of amides is 4. The van der Waals surface area contributed by atoms with Crippen molar-refractivity contribution in [1.82, 2.24) is 21.3 Å². The highest BCUT2D eigenvalue weighted by Gasteiger charge is 2.18. The van der Waals surface area contributed by atoms with Crippen molar-refractivity contribution in [3.8, 4) is 0 Å². The quantitative estimate of drug-likeness (QED) is 0.139. The Bertz CT molecular complexity index is 1600. The van der Waals surface area contributed by atoms with Crippen molar-refractivity contribution in [3.63, 3.8) is 0 Å². The number of aliphatic hydroxyl groups is 1. The van der Waals surface area contributed by atoms with E-state index in [4.69, 9.17) is 23.2 Å². The molecule has 0 saturated heterocycles. The van der Waals surface area contributed by atoms with Crippen LogP contribution >= 0.6 is 23.2 Å². The van der Waals surface area contributed by atoms with Gasteiger partial charge in [-0.2, -0.15) is 0 Å². The molecule has 4 aromatic carbocycles. The van der Waals surface area contributed by atoms with Gasteiger partial charge in [-0.25, -0.2) is 0 Å². The molecule has 0 radical (unpaired) electrons. The molecule has 4 amide bonds. The van der Waals surface area contributed by atoms with Gasteiger partial charge in [-0.1, -0.05) is 83.9 Å². The van der Waals surface area contributed by atoms with Crippen molar-refractivity contribution in [2.75, 3.05) is 13.1 Å². The third-order valence-corrected chi connectivity index (χ3v) is 6.92. The second-order valence-corrected chi connectivity index (χ2v) is 10.8. The zero-order valence-electron chi connectivity index (χ0n) is 24.4. The molecule has 0 spiro atoms. The molecular weight excluding hydrogens is 627 g/mol. The first-order chi connectivity index (χ1) is 22.2. The zero-order chi connectivity index (χ0) is 32.9. The van der Waals surface area contributed by atoms with Crippen molar-refractivity contribution >= 4 is 59.0 Å². The van der Waals surface area contributed by atoms with Crippen LogP contribution < -0.4 is 21.3 Å². The van der Waals surface area contributed by atoms with Gasteiger partial charge in [0.25, 0.3) is 23.6 Å². The van der Waals surface area contributed by atoms with Crippen molar-refractivity contribution in [1.29, 1.82) is 0 Å². The smallest absolute Gasteiger partial charge is 0.267 e. The average Bonchev–Trinajstić information content (AvgIpc) is 3.08. The lowest BCUT2D eigenvalue weighted by Gasteiger charge is -2.16. The van der Waals surface area contributed by atoms with Gasteiger partial charge in [0.05, 0.1) is 6.10 Å². The molecule has 0 unspecified atom stereocenters. The number of carbonyl (C=O) groups excluding carboxylic acids is 4. The number of hydrogen-bond donors (Lipinski definition) is 5. The maximum absolute atomic E-state index is 13.1. The van der Waals surface area contributed by atoms with E-state index in [0.29, 0.717) is 32.3 Å². The van der Waals surface area contributed by atoms with E-state index in [0.717, 1.165) is 0 Å². The van der Waals surface area contributed by atoms with Gasteiger partial charge in [-0.15, -0.1) is 0 Å². The Labute approximate surface area is 275 Å². The number of rotatable bonds is 12. The van der Waals surface area contributed by atoms with Gasteiger partial charge in [-0.05, 0) is 71.8 Å². The molecular formula is C35H30Cl2N4O5. The summed E-state index contributed by atoms with van der Waals surface area (Å²) < 4.78 is 0. The Hall–Kier alpha value is -5.22. The Kier molecular flexibility index (Phi) is 12.3. The fourth-order valence-corrected chi connectivity index (χ4v) is 4.27. The molecule has 11 heteroatoms. The molecule has 0 heterocycles. The van der Waals surface area contributed by atoms with Gasteiger partial charge in [-0.3, -0.25) is 19.2 Å². The third-order valence-electron chi connectivity index (χ3n) is 6.42. The number of hydrogen-bond acceptors (Lipinski definition) is 5. The van der Waals surface area contributed by atoms with Crippen molar-refractivity contribution < 1.29 is 24.3 Å². The van der Waals surface area contributed by atoms with Crippen LogP contribution in [0, 0.1) is 0 Å². The van der Waals surface area contributed by atoms with Crippen molar-refractivity contribution in [3.05, 3.63) is 153 Å². The normalized spacial score (nSPS) is 11.5. The molecule has 0 atom stereocenters. The Balaban J connectivity index is 1.40. The summed E-state index contributed by atoms with van der Waals surface area (Å²) in [5.74, 6) is -2.33. The topological polar surface area (TPSA) is 137 Å². The Morgan fingerprint density at radius 2 is 0.913 bits per heavy atom. The molecule has 0 aliphatic carbocycles. The lowest BCUT2D eigenvalue weighted by molar-refractivity contribution is -0.118. The van der Waals surface area contributed by atoms with Gasteiger partial charge in [0.15, 0.2) is 0 Å². The van der Waals surface area contributed by atoms with E-state index in [1.54, 1.807) is 109 Å². The summed E-state index contributed by atoms with van der Waals surface area (Å²) >= 11 is 11.9. The van der Waals surface area contributed by atoms with E-state index in [9.17, 15) is 24.3 Å². The monoisotopic (exact) mass is 656 g/mol. The minimum atomic E-state index is -1.21. The van der Waals surface area contributed by atoms with Crippen molar-refractivity contribution in [2.45, 2.75) is 6.10 Å². The zero-order valence-corrected chi connectivity index (χ0v) is 25.9. The molecule has 4 aromatic rings. The molecule has 0 bridgehead atoms. The number of halogens is 2. The summed E-state index contributed by atoms with van der Waals surface area (Å²) in [7, 11) is 0. The van der Waals surface area contributed by atoms with Gasteiger partial charge in [0.1, 0.15) is 11.4 Å². The summed E-state index contributed by atoms with van der Waals surface area (Å²) in [4.78, 5) is 51.9. The maximum atomic E-state index is 13.1. The van der Waals surface area contributed by atoms with E-state index in [1.165, 1.54) is 12.2 Å². The van der Waals surface area contributed by atoms with Crippen LogP contribution in [0.3, 0.4) is 0 Å². The first-order valence-corrected chi connectivity index (χ1v) is 14.9. The summed E-state index contributed by atoms with van der Waals surface area (Å²) in [6.45, 7) is -0.518. The summed E-state index contributed by atoms with van der Waals surface area (Å²) in [6.07, 6.45) is 1.74. The molecule has 234 valence electrons. The highest BCUT2D eigenvalue weighted by atomic mass is 35.5. The van der Waals surface area contributed by atoms with Crippen LogP contribution in [0.2, 0.25) is 10.0 Å². The molecule has 5 N–H and O–H groups in total. The maximum Gasteiger partial charge on any atom is 0.267 e. The lowest BCUT2D eigenvalue weighted by Crippen LogP contribution is -2.43. The molecule has 0 saturated carbocycles. The molecule has 4 rings (SSSR count). The van der Waals surface area contributed by atoms with Crippen LogP contribution in [-0.2, 0) is 9.59 Å². The van der Waals surface area contributed by atoms with Crippen LogP contribution in [-0.4, -0.2) is 47.9 Å². The second-order valence-electron chi connectivity index (χ2n) is 9.93. The molecule has 0 aromatic heterocycles. The largest absolute Gasteiger partial charge is 0.389 e. The third kappa shape index (κ3) is 10.4. The Morgan fingerprint density at radius 3 is 1.26 bits per heavy atom. The Morgan fingerprint density at radius 1 is 0.565 bits per heavy atom. The predicted molar refractivity (Wildman–Crippen MR) is 179 cm³/mol. The fraction of sp³-hybridized carbons (Fsp3) is 0.0857. The molecule has 46 heavy (non-hydrogen) atoms. The minimum absolute atomic E-state index is 0.0655. The highest BCUT2D eigenvalue weighted by molar-refractivity contribution is 6.30. The van der Waals surface area contributed by atoms with E-state index in [2.05, 4.69) is 21.3 Å². The minimum Gasteiger partial charge on any atom is -0.389 e. The number of benzene rings is 4. The molecule has 0 aliphatic heterocycles. The van der Waals surface area contributed by atoms with Crippen LogP contribution in [0.25, 0.3) is 12.2 Å². The number of carbonyl (C=O) groups is 4. The van der Waals surface area contributed by atoms with E-state index in [1.807, 2.05) is 0 Å². The van der Waals surface area contributed by atoms with Crippen LogP contribution in [0.1, 0.15) is 31.8 Å². The van der Waals surface area contributed by atoms with E-state index in [-0.39, 0.29) is 24.5 Å². The van der Waals surface area contributed by atoms with E-state index >= 15 is 0 Å². The van der Waals surface area contributed by atoms with Crippen LogP contribution in [0.5, 0.6) is 0 Å². The highest BCUT2D eigenvalue weighted by Crippen LogP contribution is 2.14. The molecule has 9 nitrogen and oxygen atoms in total. The van der Waals surface area contributed by atoms with Gasteiger partial charge < -0.3 is 26.4 Å². The van der Waals surface area contributed by atoms with Gasteiger partial charge in [0.2, 0.25) is 0 Å². The summed E-state index contributed by atoms with van der Waals surface area (Å²) in [5.41, 5.74) is 1.78. The number of nitrogens with one attached hydrogen (secondary N) is 4. The first-order valence-electron chi connectivity index (χ1n) is 14.1. The number of aliphatic hydroxyl groups excluding tert-OH is 1. The predicted octanol–water partition coefficient (Wildman–Crippen LogP) is 4.83.